The molecule has 1 aliphatic heterocycles. The summed E-state index contributed by atoms with van der Waals surface area (Å²) in [6.45, 7) is 0.771. The molecule has 1 aromatic carbocycles. The number of nitrogens with zero attached hydrogens (tertiary/aromatic N) is 1. The molecule has 0 unspecified atom stereocenters. The summed E-state index contributed by atoms with van der Waals surface area (Å²) in [7, 11) is 0. The number of ether oxygens (including phenoxy) is 1. The minimum Gasteiger partial charge on any atom is -0.442 e. The van der Waals surface area contributed by atoms with Crippen molar-refractivity contribution in [2.24, 2.45) is 0 Å². The number of hydrogen-bond donors (Lipinski definition) is 1. The zero-order chi connectivity index (χ0) is 11.5. The van der Waals surface area contributed by atoms with Gasteiger partial charge < -0.3 is 14.7 Å². The third-order valence-electron chi connectivity index (χ3n) is 2.44. The van der Waals surface area contributed by atoms with Crippen LogP contribution in [0.25, 0.3) is 0 Å². The van der Waals surface area contributed by atoms with Gasteiger partial charge in [-0.25, -0.2) is 4.79 Å². The lowest BCUT2D eigenvalue weighted by Gasteiger charge is -2.12. The molecular weight excluding hydrogens is 230 g/mol. The lowest BCUT2D eigenvalue weighted by atomic mass is 10.2. The molecule has 4 nitrogen and oxygen atoms in total. The highest BCUT2D eigenvalue weighted by Gasteiger charge is 2.30. The lowest BCUT2D eigenvalue weighted by molar-refractivity contribution is 0.0947. The van der Waals surface area contributed by atoms with Crippen molar-refractivity contribution in [2.75, 3.05) is 13.2 Å². The Morgan fingerprint density at radius 3 is 2.69 bits per heavy atom. The average molecular weight is 242 g/mol. The number of cyclic esters (lactones) is 1. The summed E-state index contributed by atoms with van der Waals surface area (Å²) in [5, 5.41) is 9.55. The van der Waals surface area contributed by atoms with Crippen LogP contribution in [0.15, 0.2) is 24.3 Å². The summed E-state index contributed by atoms with van der Waals surface area (Å²) in [6, 6.07) is 7.29. The van der Waals surface area contributed by atoms with Gasteiger partial charge in [-0.05, 0) is 17.7 Å². The zero-order valence-corrected chi connectivity index (χ0v) is 9.35. The van der Waals surface area contributed by atoms with E-state index >= 15 is 0 Å². The molecule has 86 valence electrons. The molecular formula is C11H12ClNO3. The van der Waals surface area contributed by atoms with Gasteiger partial charge in [0.15, 0.2) is 0 Å². The Kier molecular flexibility index (Phi) is 3.31. The van der Waals surface area contributed by atoms with Crippen molar-refractivity contribution in [3.8, 4) is 0 Å². The van der Waals surface area contributed by atoms with Crippen LogP contribution in [0.1, 0.15) is 5.56 Å². The molecule has 1 aliphatic rings. The summed E-state index contributed by atoms with van der Waals surface area (Å²) in [6.07, 6.45) is -0.784. The van der Waals surface area contributed by atoms with Crippen LogP contribution in [0.2, 0.25) is 5.02 Å². The molecule has 5 heteroatoms. The van der Waals surface area contributed by atoms with E-state index in [0.29, 0.717) is 18.1 Å². The van der Waals surface area contributed by atoms with Crippen molar-refractivity contribution in [3.05, 3.63) is 34.9 Å². The number of hydrogen-bond acceptors (Lipinski definition) is 3. The van der Waals surface area contributed by atoms with Crippen molar-refractivity contribution in [3.63, 3.8) is 0 Å². The second-order valence-electron chi connectivity index (χ2n) is 3.70. The third kappa shape index (κ3) is 2.46. The first-order valence-electron chi connectivity index (χ1n) is 5.00. The quantitative estimate of drug-likeness (QED) is 0.876. The van der Waals surface area contributed by atoms with E-state index in [9.17, 15) is 4.79 Å². The van der Waals surface area contributed by atoms with E-state index in [-0.39, 0.29) is 12.7 Å². The van der Waals surface area contributed by atoms with E-state index in [1.54, 1.807) is 17.0 Å². The molecule has 1 aromatic rings. The van der Waals surface area contributed by atoms with Gasteiger partial charge in [-0.2, -0.15) is 0 Å². The Balaban J connectivity index is 2.00. The second-order valence-corrected chi connectivity index (χ2v) is 4.13. The molecule has 1 N–H and O–H groups in total. The van der Waals surface area contributed by atoms with Gasteiger partial charge in [0.05, 0.1) is 13.2 Å². The van der Waals surface area contributed by atoms with Crippen molar-refractivity contribution < 1.29 is 14.6 Å². The molecule has 0 spiro atoms. The van der Waals surface area contributed by atoms with Crippen LogP contribution in [0.4, 0.5) is 4.79 Å². The Morgan fingerprint density at radius 2 is 2.12 bits per heavy atom. The van der Waals surface area contributed by atoms with Gasteiger partial charge in [-0.3, -0.25) is 0 Å². The number of aliphatic hydroxyl groups is 1. The van der Waals surface area contributed by atoms with Crippen LogP contribution in [-0.4, -0.2) is 35.4 Å². The van der Waals surface area contributed by atoms with Gasteiger partial charge in [0, 0.05) is 11.6 Å². The summed E-state index contributed by atoms with van der Waals surface area (Å²) >= 11 is 5.76. The Bertz CT molecular complexity index is 379. The van der Waals surface area contributed by atoms with E-state index in [4.69, 9.17) is 21.4 Å². The molecule has 1 atom stereocenters. The summed E-state index contributed by atoms with van der Waals surface area (Å²) < 4.78 is 4.93. The van der Waals surface area contributed by atoms with E-state index in [1.807, 2.05) is 12.1 Å². The molecule has 0 aliphatic carbocycles. The van der Waals surface area contributed by atoms with E-state index in [0.717, 1.165) is 5.56 Å². The number of rotatable bonds is 3. The predicted octanol–water partition coefficient (Wildman–Crippen LogP) is 1.65. The molecule has 1 heterocycles. The number of benzene rings is 1. The number of carbonyl (C=O) groups excluding carboxylic acids is 1. The van der Waals surface area contributed by atoms with Gasteiger partial charge in [-0.15, -0.1) is 0 Å². The van der Waals surface area contributed by atoms with Crippen molar-refractivity contribution in [1.29, 1.82) is 0 Å². The molecule has 2 rings (SSSR count). The average Bonchev–Trinajstić information content (AvgIpc) is 2.63. The molecule has 0 saturated carbocycles. The van der Waals surface area contributed by atoms with Crippen LogP contribution in [-0.2, 0) is 11.3 Å². The highest BCUT2D eigenvalue weighted by molar-refractivity contribution is 6.30. The molecule has 1 amide bonds. The monoisotopic (exact) mass is 241 g/mol. The van der Waals surface area contributed by atoms with Gasteiger partial charge in [0.1, 0.15) is 6.10 Å². The van der Waals surface area contributed by atoms with Gasteiger partial charge in [0.25, 0.3) is 0 Å². The van der Waals surface area contributed by atoms with Crippen molar-refractivity contribution >= 4 is 17.7 Å². The van der Waals surface area contributed by atoms with Crippen molar-refractivity contribution in [1.82, 2.24) is 4.90 Å². The Morgan fingerprint density at radius 1 is 1.44 bits per heavy atom. The van der Waals surface area contributed by atoms with E-state index < -0.39 is 6.10 Å². The van der Waals surface area contributed by atoms with Crippen LogP contribution in [0.3, 0.4) is 0 Å². The van der Waals surface area contributed by atoms with Crippen LogP contribution >= 0.6 is 11.6 Å². The maximum atomic E-state index is 11.4. The topological polar surface area (TPSA) is 49.8 Å². The predicted molar refractivity (Wildman–Crippen MR) is 59.2 cm³/mol. The number of amides is 1. The normalized spacial score (nSPS) is 20.0. The molecule has 0 bridgehead atoms. The fourth-order valence-corrected chi connectivity index (χ4v) is 1.74. The summed E-state index contributed by atoms with van der Waals surface area (Å²) in [4.78, 5) is 12.9. The van der Waals surface area contributed by atoms with Crippen LogP contribution in [0, 0.1) is 0 Å². The second kappa shape index (κ2) is 4.72. The zero-order valence-electron chi connectivity index (χ0n) is 8.60. The first-order chi connectivity index (χ1) is 7.69. The SMILES string of the molecule is O=C1O[C@@H](CO)CN1Cc1ccc(Cl)cc1. The van der Waals surface area contributed by atoms with E-state index in [1.165, 1.54) is 0 Å². The maximum absolute atomic E-state index is 11.4. The molecule has 0 radical (unpaired) electrons. The highest BCUT2D eigenvalue weighted by Crippen LogP contribution is 2.16. The number of aliphatic hydroxyl groups excluding tert-OH is 1. The Labute approximate surface area is 98.4 Å². The van der Waals surface area contributed by atoms with Gasteiger partial charge >= 0.3 is 6.09 Å². The minimum absolute atomic E-state index is 0.136. The Hall–Kier alpha value is -1.26. The molecule has 1 saturated heterocycles. The fraction of sp³-hybridized carbons (Fsp3) is 0.364. The van der Waals surface area contributed by atoms with Crippen LogP contribution < -0.4 is 0 Å². The number of halogens is 1. The third-order valence-corrected chi connectivity index (χ3v) is 2.69. The fourth-order valence-electron chi connectivity index (χ4n) is 1.61. The highest BCUT2D eigenvalue weighted by atomic mass is 35.5. The first kappa shape index (κ1) is 11.2. The van der Waals surface area contributed by atoms with Gasteiger partial charge in [0.2, 0.25) is 0 Å². The van der Waals surface area contributed by atoms with Gasteiger partial charge in [-0.1, -0.05) is 23.7 Å². The lowest BCUT2D eigenvalue weighted by Crippen LogP contribution is -2.25. The minimum atomic E-state index is -0.403. The molecule has 0 aromatic heterocycles. The summed E-state index contributed by atoms with van der Waals surface area (Å²) in [5.74, 6) is 0. The first-order valence-corrected chi connectivity index (χ1v) is 5.37. The largest absolute Gasteiger partial charge is 0.442 e. The standard InChI is InChI=1S/C11H12ClNO3/c12-9-3-1-8(2-4-9)5-13-6-10(7-14)16-11(13)15/h1-4,10,14H,5-7H2/t10-/m1/s1. The number of carbonyl (C=O) groups is 1. The summed E-state index contributed by atoms with van der Waals surface area (Å²) in [5.41, 5.74) is 0.986. The molecule has 16 heavy (non-hydrogen) atoms. The van der Waals surface area contributed by atoms with Crippen molar-refractivity contribution in [2.45, 2.75) is 12.6 Å². The van der Waals surface area contributed by atoms with Crippen LogP contribution in [0.5, 0.6) is 0 Å². The molecule has 1 fully saturated rings. The maximum Gasteiger partial charge on any atom is 0.410 e. The van der Waals surface area contributed by atoms with E-state index in [2.05, 4.69) is 0 Å². The smallest absolute Gasteiger partial charge is 0.410 e.